The lowest BCUT2D eigenvalue weighted by Gasteiger charge is -2.30. The van der Waals surface area contributed by atoms with Crippen molar-refractivity contribution in [3.05, 3.63) is 76.2 Å². The molecule has 2 heterocycles. The van der Waals surface area contributed by atoms with Crippen molar-refractivity contribution in [2.45, 2.75) is 83.0 Å². The fraction of sp³-hybridized carbons (Fsp3) is 0.467. The van der Waals surface area contributed by atoms with Gasteiger partial charge in [0, 0.05) is 36.6 Å². The summed E-state index contributed by atoms with van der Waals surface area (Å²) in [6, 6.07) is 7.54. The first-order chi connectivity index (χ1) is 20.8. The van der Waals surface area contributed by atoms with E-state index in [1.54, 1.807) is 6.07 Å². The zero-order valence-corrected chi connectivity index (χ0v) is 24.2. The third-order valence-electron chi connectivity index (χ3n) is 7.84. The van der Waals surface area contributed by atoms with Crippen molar-refractivity contribution in [1.29, 1.82) is 0 Å². The molecule has 236 valence electrons. The third kappa shape index (κ3) is 7.45. The van der Waals surface area contributed by atoms with E-state index in [-0.39, 0.29) is 42.8 Å². The Morgan fingerprint density at radius 2 is 1.61 bits per heavy atom. The van der Waals surface area contributed by atoms with Crippen molar-refractivity contribution < 1.29 is 30.7 Å². The van der Waals surface area contributed by atoms with Gasteiger partial charge in [-0.15, -0.1) is 5.10 Å². The minimum Gasteiger partial charge on any atom is -0.329 e. The molecule has 1 N–H and O–H groups in total. The molecule has 2 aromatic carbocycles. The van der Waals surface area contributed by atoms with E-state index in [0.29, 0.717) is 40.7 Å². The number of hydrogen-bond donors (Lipinski definition) is 1. The maximum atomic E-state index is 14.2. The molecule has 7 nitrogen and oxygen atoms in total. The first kappa shape index (κ1) is 31.6. The Labute approximate surface area is 249 Å². The first-order valence-corrected chi connectivity index (χ1v) is 14.4. The topological polar surface area (TPSA) is 71.8 Å². The summed E-state index contributed by atoms with van der Waals surface area (Å²) in [7, 11) is 1.50. The molecule has 1 fully saturated rings. The van der Waals surface area contributed by atoms with Crippen LogP contribution in [0.25, 0.3) is 10.9 Å². The average molecular weight is 624 g/mol. The number of fused-ring (bicyclic) bond motifs is 1. The van der Waals surface area contributed by atoms with Gasteiger partial charge in [-0.1, -0.05) is 31.3 Å². The van der Waals surface area contributed by atoms with E-state index in [4.69, 9.17) is 4.98 Å². The molecule has 1 unspecified atom stereocenters. The number of nitrogens with zero attached hydrogens (tertiary/aromatic N) is 6. The van der Waals surface area contributed by atoms with E-state index in [1.807, 2.05) is 13.0 Å². The predicted molar refractivity (Wildman–Crippen MR) is 150 cm³/mol. The van der Waals surface area contributed by atoms with Gasteiger partial charge in [0.2, 0.25) is 0 Å². The van der Waals surface area contributed by atoms with Gasteiger partial charge < -0.3 is 10.2 Å². The highest BCUT2D eigenvalue weighted by molar-refractivity contribution is 5.79. The minimum absolute atomic E-state index is 0.0110. The number of tetrazole rings is 1. The normalized spacial score (nSPS) is 15.6. The number of aryl methyl sites for hydroxylation is 1. The highest BCUT2D eigenvalue weighted by Gasteiger charge is 2.37. The molecule has 1 saturated carbocycles. The average Bonchev–Trinajstić information content (AvgIpc) is 3.41. The molecule has 4 aromatic rings. The molecule has 0 aliphatic heterocycles. The van der Waals surface area contributed by atoms with Crippen LogP contribution in [-0.4, -0.2) is 31.2 Å². The van der Waals surface area contributed by atoms with Gasteiger partial charge in [0.05, 0.1) is 29.4 Å². The number of pyridine rings is 1. The van der Waals surface area contributed by atoms with Crippen molar-refractivity contribution in [1.82, 2.24) is 30.5 Å². The monoisotopic (exact) mass is 623 g/mol. The summed E-state index contributed by atoms with van der Waals surface area (Å²) < 4.78 is 96.0. The maximum Gasteiger partial charge on any atom is 0.416 e. The summed E-state index contributed by atoms with van der Waals surface area (Å²) in [6.07, 6.45) is -3.98. The Morgan fingerprint density at radius 3 is 2.20 bits per heavy atom. The standard InChI is InChI=1S/C30H32F7N7/c1-3-25(38-24-7-5-4-6-8-24)27-20(13-19-9-10-23(31)15-26(19)39-27)17-44(28-40-42-43(2)41-28)16-18-11-21(29(32,33)34)14-22(12-18)30(35,36)37/h9-15,24-25,38H,3-8,16-17H2,1-2H3. The number of hydrogen-bond acceptors (Lipinski definition) is 6. The van der Waals surface area contributed by atoms with E-state index in [1.165, 1.54) is 30.5 Å². The molecule has 44 heavy (non-hydrogen) atoms. The van der Waals surface area contributed by atoms with Crippen LogP contribution in [0.5, 0.6) is 0 Å². The number of halogens is 7. The van der Waals surface area contributed by atoms with Gasteiger partial charge in [-0.2, -0.15) is 31.1 Å². The highest BCUT2D eigenvalue weighted by atomic mass is 19.4. The van der Waals surface area contributed by atoms with Crippen LogP contribution in [0.2, 0.25) is 0 Å². The molecule has 0 spiro atoms. The number of anilines is 1. The van der Waals surface area contributed by atoms with Crippen LogP contribution in [0.15, 0.2) is 42.5 Å². The molecule has 2 aromatic heterocycles. The number of benzene rings is 2. The van der Waals surface area contributed by atoms with Crippen molar-refractivity contribution >= 4 is 16.9 Å². The summed E-state index contributed by atoms with van der Waals surface area (Å²) in [4.78, 5) is 7.45. The van der Waals surface area contributed by atoms with Gasteiger partial charge >= 0.3 is 12.4 Å². The molecule has 0 amide bonds. The van der Waals surface area contributed by atoms with Crippen molar-refractivity contribution in [2.75, 3.05) is 4.90 Å². The molecular weight excluding hydrogens is 591 g/mol. The van der Waals surface area contributed by atoms with Gasteiger partial charge in [0.15, 0.2) is 0 Å². The number of nitrogens with one attached hydrogen (secondary N) is 1. The zero-order valence-electron chi connectivity index (χ0n) is 24.2. The van der Waals surface area contributed by atoms with Crippen LogP contribution in [0.3, 0.4) is 0 Å². The molecule has 1 atom stereocenters. The number of aromatic nitrogens is 5. The summed E-state index contributed by atoms with van der Waals surface area (Å²) >= 11 is 0. The molecule has 14 heteroatoms. The molecular formula is C30H32F7N7. The fourth-order valence-electron chi connectivity index (χ4n) is 5.71. The lowest BCUT2D eigenvalue weighted by atomic mass is 9.93. The highest BCUT2D eigenvalue weighted by Crippen LogP contribution is 2.37. The van der Waals surface area contributed by atoms with Crippen LogP contribution in [-0.2, 0) is 32.5 Å². The molecule has 1 aliphatic rings. The predicted octanol–water partition coefficient (Wildman–Crippen LogP) is 7.52. The van der Waals surface area contributed by atoms with E-state index in [9.17, 15) is 30.7 Å². The molecule has 5 rings (SSSR count). The lowest BCUT2D eigenvalue weighted by Crippen LogP contribution is -2.35. The number of rotatable bonds is 9. The molecule has 0 saturated heterocycles. The van der Waals surface area contributed by atoms with Crippen LogP contribution >= 0.6 is 0 Å². The SMILES string of the molecule is CCC(NC1CCCCC1)c1nc2cc(F)ccc2cc1CN(Cc1cc(C(F)(F)F)cc(C(F)(F)F)c1)c1nnn(C)n1. The third-order valence-corrected chi connectivity index (χ3v) is 7.84. The fourth-order valence-corrected chi connectivity index (χ4v) is 5.71. The molecule has 1 aliphatic carbocycles. The Bertz CT molecular complexity index is 1560. The van der Waals surface area contributed by atoms with Crippen LogP contribution < -0.4 is 10.2 Å². The molecule has 0 radical (unpaired) electrons. The Kier molecular flexibility index (Phi) is 9.10. The second-order valence-electron chi connectivity index (χ2n) is 11.2. The Balaban J connectivity index is 1.58. The summed E-state index contributed by atoms with van der Waals surface area (Å²) in [5.41, 5.74) is -1.35. The van der Waals surface area contributed by atoms with Gasteiger partial charge in [0.25, 0.3) is 5.95 Å². The first-order valence-electron chi connectivity index (χ1n) is 14.4. The van der Waals surface area contributed by atoms with E-state index >= 15 is 0 Å². The Morgan fingerprint density at radius 1 is 0.932 bits per heavy atom. The van der Waals surface area contributed by atoms with E-state index in [2.05, 4.69) is 20.7 Å². The molecule has 0 bridgehead atoms. The van der Waals surface area contributed by atoms with Crippen LogP contribution in [0, 0.1) is 5.82 Å². The largest absolute Gasteiger partial charge is 0.416 e. The Hall–Kier alpha value is -3.81. The van der Waals surface area contributed by atoms with Crippen molar-refractivity contribution in [3.63, 3.8) is 0 Å². The zero-order chi connectivity index (χ0) is 31.6. The van der Waals surface area contributed by atoms with Crippen LogP contribution in [0.4, 0.5) is 36.7 Å². The van der Waals surface area contributed by atoms with Gasteiger partial charge in [-0.25, -0.2) is 4.39 Å². The van der Waals surface area contributed by atoms with Gasteiger partial charge in [-0.3, -0.25) is 4.98 Å². The maximum absolute atomic E-state index is 14.2. The second-order valence-corrected chi connectivity index (χ2v) is 11.2. The summed E-state index contributed by atoms with van der Waals surface area (Å²) in [5, 5.41) is 16.4. The van der Waals surface area contributed by atoms with E-state index in [0.717, 1.165) is 30.5 Å². The van der Waals surface area contributed by atoms with Gasteiger partial charge in [0.1, 0.15) is 5.82 Å². The van der Waals surface area contributed by atoms with Gasteiger partial charge in [-0.05, 0) is 72.0 Å². The van der Waals surface area contributed by atoms with E-state index < -0.39 is 29.3 Å². The van der Waals surface area contributed by atoms with Crippen molar-refractivity contribution in [3.8, 4) is 0 Å². The van der Waals surface area contributed by atoms with Crippen LogP contribution in [0.1, 0.15) is 79.4 Å². The van der Waals surface area contributed by atoms with Crippen molar-refractivity contribution in [2.24, 2.45) is 7.05 Å². The minimum atomic E-state index is -4.99. The quantitative estimate of drug-likeness (QED) is 0.195. The smallest absolute Gasteiger partial charge is 0.329 e. The summed E-state index contributed by atoms with van der Waals surface area (Å²) in [6.45, 7) is 1.60. The lowest BCUT2D eigenvalue weighted by molar-refractivity contribution is -0.143. The summed E-state index contributed by atoms with van der Waals surface area (Å²) in [5.74, 6) is -0.440. The number of alkyl halides is 6. The second kappa shape index (κ2) is 12.7.